The molecular weight excluding hydrogens is 326 g/mol. The summed E-state index contributed by atoms with van der Waals surface area (Å²) in [4.78, 5) is 9.01. The van der Waals surface area contributed by atoms with E-state index in [0.29, 0.717) is 12.7 Å². The van der Waals surface area contributed by atoms with Gasteiger partial charge in [0.05, 0.1) is 0 Å². The van der Waals surface area contributed by atoms with Crippen molar-refractivity contribution < 1.29 is 9.47 Å². The lowest BCUT2D eigenvalue weighted by atomic mass is 10.00. The van der Waals surface area contributed by atoms with E-state index >= 15 is 0 Å². The summed E-state index contributed by atoms with van der Waals surface area (Å²) in [6.07, 6.45) is 4.82. The van der Waals surface area contributed by atoms with Crippen molar-refractivity contribution in [3.05, 3.63) is 53.9 Å². The van der Waals surface area contributed by atoms with E-state index in [0.717, 1.165) is 44.1 Å². The smallest absolute Gasteiger partial charge is 0.231 e. The zero-order valence-electron chi connectivity index (χ0n) is 16.0. The normalized spacial score (nSPS) is 14.2. The monoisotopic (exact) mass is 355 g/mol. The molecule has 5 nitrogen and oxygen atoms in total. The molecule has 0 bridgehead atoms. The maximum atomic E-state index is 5.50. The molecule has 140 valence electrons. The fourth-order valence-corrected chi connectivity index (χ4v) is 3.30. The van der Waals surface area contributed by atoms with Crippen LogP contribution >= 0.6 is 0 Å². The van der Waals surface area contributed by atoms with Crippen LogP contribution in [-0.4, -0.2) is 55.3 Å². The molecule has 1 aliphatic heterocycles. The Labute approximate surface area is 156 Å². The molecule has 0 aliphatic carbocycles. The van der Waals surface area contributed by atoms with Crippen LogP contribution in [0.5, 0.6) is 11.5 Å². The van der Waals surface area contributed by atoms with Crippen LogP contribution in [0.4, 0.5) is 0 Å². The average Bonchev–Trinajstić information content (AvgIpc) is 3.08. The Morgan fingerprint density at radius 1 is 1.08 bits per heavy atom. The van der Waals surface area contributed by atoms with E-state index < -0.39 is 0 Å². The molecule has 0 spiro atoms. The van der Waals surface area contributed by atoms with Crippen LogP contribution in [0, 0.1) is 5.92 Å². The molecule has 0 N–H and O–H groups in total. The van der Waals surface area contributed by atoms with Gasteiger partial charge in [0.25, 0.3) is 0 Å². The number of nitrogens with zero attached hydrogens (tertiary/aromatic N) is 3. The SMILES string of the molecule is CC(Cc1ccc2c(c1)OCO2)CN(CCN(C)C)Cc1cccnc1. The summed E-state index contributed by atoms with van der Waals surface area (Å²) in [5.41, 5.74) is 2.57. The lowest BCUT2D eigenvalue weighted by molar-refractivity contribution is 0.174. The average molecular weight is 355 g/mol. The van der Waals surface area contributed by atoms with E-state index in [9.17, 15) is 0 Å². The molecule has 1 aromatic carbocycles. The van der Waals surface area contributed by atoms with Gasteiger partial charge >= 0.3 is 0 Å². The summed E-state index contributed by atoms with van der Waals surface area (Å²) in [5, 5.41) is 0. The second kappa shape index (κ2) is 9.01. The van der Waals surface area contributed by atoms with E-state index in [1.54, 1.807) is 0 Å². The molecule has 0 amide bonds. The van der Waals surface area contributed by atoms with E-state index in [-0.39, 0.29) is 0 Å². The first-order valence-corrected chi connectivity index (χ1v) is 9.24. The van der Waals surface area contributed by atoms with Crippen molar-refractivity contribution in [2.24, 2.45) is 5.92 Å². The summed E-state index contributed by atoms with van der Waals surface area (Å²) in [6, 6.07) is 10.4. The van der Waals surface area contributed by atoms with E-state index in [1.165, 1.54) is 11.1 Å². The van der Waals surface area contributed by atoms with E-state index in [2.05, 4.69) is 54.0 Å². The molecule has 0 saturated heterocycles. The van der Waals surface area contributed by atoms with Gasteiger partial charge in [-0.3, -0.25) is 9.88 Å². The van der Waals surface area contributed by atoms with Crippen LogP contribution in [0.15, 0.2) is 42.7 Å². The summed E-state index contributed by atoms with van der Waals surface area (Å²) >= 11 is 0. The molecule has 0 saturated carbocycles. The number of hydrogen-bond donors (Lipinski definition) is 0. The van der Waals surface area contributed by atoms with Gasteiger partial charge in [-0.15, -0.1) is 0 Å². The van der Waals surface area contributed by atoms with Crippen molar-refractivity contribution in [1.29, 1.82) is 0 Å². The molecule has 1 atom stereocenters. The van der Waals surface area contributed by atoms with Gasteiger partial charge in [0.2, 0.25) is 6.79 Å². The van der Waals surface area contributed by atoms with Gasteiger partial charge in [-0.1, -0.05) is 19.1 Å². The number of ether oxygens (including phenoxy) is 2. The molecule has 2 heterocycles. The van der Waals surface area contributed by atoms with Crippen molar-refractivity contribution in [3.63, 3.8) is 0 Å². The lowest BCUT2D eigenvalue weighted by Gasteiger charge is -2.27. The van der Waals surface area contributed by atoms with Gasteiger partial charge in [0.15, 0.2) is 11.5 Å². The Kier molecular flexibility index (Phi) is 6.47. The molecule has 2 aromatic rings. The van der Waals surface area contributed by atoms with Gasteiger partial charge in [-0.2, -0.15) is 0 Å². The van der Waals surface area contributed by atoms with Gasteiger partial charge < -0.3 is 14.4 Å². The second-order valence-electron chi connectivity index (χ2n) is 7.40. The van der Waals surface area contributed by atoms with Crippen molar-refractivity contribution >= 4 is 0 Å². The maximum Gasteiger partial charge on any atom is 0.231 e. The first-order valence-electron chi connectivity index (χ1n) is 9.24. The fraction of sp³-hybridized carbons (Fsp3) is 0.476. The molecule has 5 heteroatoms. The first kappa shape index (κ1) is 18.7. The summed E-state index contributed by atoms with van der Waals surface area (Å²) in [7, 11) is 4.25. The maximum absolute atomic E-state index is 5.50. The van der Waals surface area contributed by atoms with Gasteiger partial charge in [0, 0.05) is 38.6 Å². The van der Waals surface area contributed by atoms with Crippen LogP contribution in [0.2, 0.25) is 0 Å². The highest BCUT2D eigenvalue weighted by atomic mass is 16.7. The molecule has 1 aromatic heterocycles. The third kappa shape index (κ3) is 5.44. The minimum absolute atomic E-state index is 0.331. The Bertz CT molecular complexity index is 691. The van der Waals surface area contributed by atoms with E-state index in [1.807, 2.05) is 24.5 Å². The third-order valence-electron chi connectivity index (χ3n) is 4.58. The number of benzene rings is 1. The van der Waals surface area contributed by atoms with Crippen LogP contribution in [0.3, 0.4) is 0 Å². The molecule has 3 rings (SSSR count). The van der Waals surface area contributed by atoms with Crippen molar-refractivity contribution in [2.45, 2.75) is 19.9 Å². The second-order valence-corrected chi connectivity index (χ2v) is 7.40. The fourth-order valence-electron chi connectivity index (χ4n) is 3.30. The predicted octanol–water partition coefficient (Wildman–Crippen LogP) is 3.05. The van der Waals surface area contributed by atoms with Crippen LogP contribution in [-0.2, 0) is 13.0 Å². The topological polar surface area (TPSA) is 37.8 Å². The van der Waals surface area contributed by atoms with Gasteiger partial charge in [-0.05, 0) is 55.8 Å². The Balaban J connectivity index is 1.59. The summed E-state index contributed by atoms with van der Waals surface area (Å²) in [5.74, 6) is 2.27. The van der Waals surface area contributed by atoms with E-state index in [4.69, 9.17) is 9.47 Å². The summed E-state index contributed by atoms with van der Waals surface area (Å²) in [6.45, 7) is 6.74. The molecule has 1 unspecified atom stereocenters. The molecule has 0 radical (unpaired) electrons. The Morgan fingerprint density at radius 2 is 1.92 bits per heavy atom. The van der Waals surface area contributed by atoms with Crippen molar-refractivity contribution in [1.82, 2.24) is 14.8 Å². The first-order chi connectivity index (χ1) is 12.6. The predicted molar refractivity (Wildman–Crippen MR) is 104 cm³/mol. The standard InChI is InChI=1S/C21H29N3O2/c1-17(11-18-6-7-20-21(12-18)26-16-25-20)14-24(10-9-23(2)3)15-19-5-4-8-22-13-19/h4-8,12-13,17H,9-11,14-16H2,1-3H3. The molecule has 0 fully saturated rings. The minimum atomic E-state index is 0.331. The van der Waals surface area contributed by atoms with Crippen molar-refractivity contribution in [3.8, 4) is 11.5 Å². The highest BCUT2D eigenvalue weighted by Gasteiger charge is 2.16. The number of rotatable bonds is 9. The minimum Gasteiger partial charge on any atom is -0.454 e. The number of likely N-dealkylation sites (N-methyl/N-ethyl adjacent to an activating group) is 1. The van der Waals surface area contributed by atoms with Crippen LogP contribution in [0.25, 0.3) is 0 Å². The number of hydrogen-bond acceptors (Lipinski definition) is 5. The highest BCUT2D eigenvalue weighted by Crippen LogP contribution is 2.33. The number of aromatic nitrogens is 1. The quantitative estimate of drug-likeness (QED) is 0.691. The zero-order valence-corrected chi connectivity index (χ0v) is 16.0. The third-order valence-corrected chi connectivity index (χ3v) is 4.58. The van der Waals surface area contributed by atoms with Crippen molar-refractivity contribution in [2.75, 3.05) is 40.5 Å². The van der Waals surface area contributed by atoms with Gasteiger partial charge in [-0.25, -0.2) is 0 Å². The molecule has 26 heavy (non-hydrogen) atoms. The summed E-state index contributed by atoms with van der Waals surface area (Å²) < 4.78 is 10.9. The Hall–Kier alpha value is -2.11. The van der Waals surface area contributed by atoms with Crippen LogP contribution < -0.4 is 9.47 Å². The highest BCUT2D eigenvalue weighted by molar-refractivity contribution is 5.44. The lowest BCUT2D eigenvalue weighted by Crippen LogP contribution is -2.35. The van der Waals surface area contributed by atoms with Crippen LogP contribution in [0.1, 0.15) is 18.1 Å². The molecule has 1 aliphatic rings. The number of pyridine rings is 1. The van der Waals surface area contributed by atoms with Gasteiger partial charge in [0.1, 0.15) is 0 Å². The Morgan fingerprint density at radius 3 is 2.69 bits per heavy atom. The number of fused-ring (bicyclic) bond motifs is 1. The largest absolute Gasteiger partial charge is 0.454 e. The zero-order chi connectivity index (χ0) is 18.4. The molecular formula is C21H29N3O2.